The highest BCUT2D eigenvalue weighted by Gasteiger charge is 2.14. The first-order valence-electron chi connectivity index (χ1n) is 6.79. The number of Topliss-reactive ketones (excluding diaryl/α,β-unsaturated/α-hetero) is 1. The number of hydrogen-bond acceptors (Lipinski definition) is 5. The molecule has 0 aliphatic rings. The molecule has 0 unspecified atom stereocenters. The van der Waals surface area contributed by atoms with Crippen molar-refractivity contribution in [1.29, 1.82) is 0 Å². The Hall–Kier alpha value is -1.43. The molecule has 0 fully saturated rings. The maximum atomic E-state index is 12.1. The van der Waals surface area contributed by atoms with E-state index >= 15 is 0 Å². The molecule has 0 saturated heterocycles. The average molecular weight is 553 g/mol. The van der Waals surface area contributed by atoms with Gasteiger partial charge in [0.25, 0.3) is 0 Å². The summed E-state index contributed by atoms with van der Waals surface area (Å²) in [6, 6.07) is 6.74. The van der Waals surface area contributed by atoms with Gasteiger partial charge in [-0.05, 0) is 57.3 Å². The van der Waals surface area contributed by atoms with E-state index in [1.165, 1.54) is 7.11 Å². The molecule has 0 atom stereocenters. The van der Waals surface area contributed by atoms with Gasteiger partial charge in [-0.2, -0.15) is 0 Å². The van der Waals surface area contributed by atoms with Crippen molar-refractivity contribution in [3.8, 4) is 5.75 Å². The van der Waals surface area contributed by atoms with Gasteiger partial charge in [0.1, 0.15) is 12.3 Å². The van der Waals surface area contributed by atoms with Gasteiger partial charge in [0, 0.05) is 12.4 Å². The van der Waals surface area contributed by atoms with Gasteiger partial charge in [-0.25, -0.2) is 0 Å². The molecule has 24 heavy (non-hydrogen) atoms. The number of benzene rings is 1. The summed E-state index contributed by atoms with van der Waals surface area (Å²) in [7, 11) is 1.47. The van der Waals surface area contributed by atoms with Crippen LogP contribution in [0, 0.1) is 7.14 Å². The van der Waals surface area contributed by atoms with Crippen LogP contribution in [0.3, 0.4) is 0 Å². The highest BCUT2D eigenvalue weighted by Crippen LogP contribution is 2.17. The maximum absolute atomic E-state index is 12.1. The molecule has 0 aliphatic carbocycles. The van der Waals surface area contributed by atoms with E-state index in [4.69, 9.17) is 9.47 Å². The number of esters is 1. The highest BCUT2D eigenvalue weighted by molar-refractivity contribution is 14.1. The molecule has 1 heterocycles. The Balaban J connectivity index is 1.98. The van der Waals surface area contributed by atoms with Crippen molar-refractivity contribution < 1.29 is 19.1 Å². The maximum Gasteiger partial charge on any atom is 0.326 e. The molecular weight excluding hydrogens is 540 g/mol. The van der Waals surface area contributed by atoms with E-state index in [1.54, 1.807) is 41.2 Å². The van der Waals surface area contributed by atoms with E-state index in [0.717, 1.165) is 0 Å². The molecule has 0 bridgehead atoms. The molecule has 0 spiro atoms. The van der Waals surface area contributed by atoms with Crippen molar-refractivity contribution in [2.45, 2.75) is 6.54 Å². The van der Waals surface area contributed by atoms with Crippen LogP contribution in [0.2, 0.25) is 0 Å². The van der Waals surface area contributed by atoms with Gasteiger partial charge in [0.2, 0.25) is 11.2 Å². The second-order valence-corrected chi connectivity index (χ2v) is 7.06. The largest absolute Gasteiger partial charge is 0.496 e. The number of carbonyl (C=O) groups excluding carboxylic acids is 2. The zero-order valence-corrected chi connectivity index (χ0v) is 16.9. The summed E-state index contributed by atoms with van der Waals surface area (Å²) in [6.07, 6.45) is 3.13. The third-order valence-corrected chi connectivity index (χ3v) is 4.61. The minimum absolute atomic E-state index is 0.0767. The van der Waals surface area contributed by atoms with Crippen LogP contribution in [0.4, 0.5) is 0 Å². The van der Waals surface area contributed by atoms with Crippen molar-refractivity contribution in [3.05, 3.63) is 59.6 Å². The van der Waals surface area contributed by atoms with Crippen LogP contribution in [0.5, 0.6) is 5.75 Å². The Labute approximate surface area is 165 Å². The molecule has 2 rings (SSSR count). The number of nitrogens with zero attached hydrogens (tertiary/aromatic N) is 1. The predicted octanol–water partition coefficient (Wildman–Crippen LogP) is 2.49. The SMILES string of the molecule is COc1ccccc1C(=O)COC(=O)Cn1cc(I)c(=O)c(I)c1. The fourth-order valence-electron chi connectivity index (χ4n) is 1.94. The summed E-state index contributed by atoms with van der Waals surface area (Å²) in [5.74, 6) is -0.471. The molecule has 126 valence electrons. The first kappa shape index (κ1) is 18.9. The van der Waals surface area contributed by atoms with Crippen molar-refractivity contribution in [2.75, 3.05) is 13.7 Å². The lowest BCUT2D eigenvalue weighted by Crippen LogP contribution is -2.21. The van der Waals surface area contributed by atoms with E-state index in [2.05, 4.69) is 0 Å². The lowest BCUT2D eigenvalue weighted by molar-refractivity contribution is -0.143. The molecule has 8 heteroatoms. The first-order chi connectivity index (χ1) is 11.4. The van der Waals surface area contributed by atoms with Crippen molar-refractivity contribution in [2.24, 2.45) is 0 Å². The average Bonchev–Trinajstić information content (AvgIpc) is 2.57. The third kappa shape index (κ3) is 4.79. The summed E-state index contributed by atoms with van der Waals surface area (Å²) in [5.41, 5.74) is 0.285. The van der Waals surface area contributed by atoms with E-state index < -0.39 is 5.97 Å². The Morgan fingerprint density at radius 1 is 1.12 bits per heavy atom. The number of ketones is 1. The number of methoxy groups -OCH3 is 1. The molecule has 0 aliphatic heterocycles. The minimum Gasteiger partial charge on any atom is -0.496 e. The monoisotopic (exact) mass is 553 g/mol. The van der Waals surface area contributed by atoms with Crippen LogP contribution >= 0.6 is 45.2 Å². The smallest absolute Gasteiger partial charge is 0.326 e. The lowest BCUT2D eigenvalue weighted by atomic mass is 10.1. The Morgan fingerprint density at radius 2 is 1.75 bits per heavy atom. The van der Waals surface area contributed by atoms with Crippen LogP contribution in [-0.4, -0.2) is 30.0 Å². The normalized spacial score (nSPS) is 10.3. The zero-order chi connectivity index (χ0) is 17.7. The van der Waals surface area contributed by atoms with Crippen LogP contribution < -0.4 is 10.2 Å². The standard InChI is InChI=1S/C16H13I2NO5/c1-23-14-5-3-2-4-10(14)13(20)9-24-15(21)8-19-6-11(17)16(22)12(18)7-19/h2-7H,8-9H2,1H3. The third-order valence-electron chi connectivity index (χ3n) is 3.08. The Kier molecular flexibility index (Phi) is 6.78. The number of hydrogen-bond donors (Lipinski definition) is 0. The van der Waals surface area contributed by atoms with Crippen LogP contribution in [-0.2, 0) is 16.1 Å². The highest BCUT2D eigenvalue weighted by atomic mass is 127. The second-order valence-electron chi connectivity index (χ2n) is 4.74. The summed E-state index contributed by atoms with van der Waals surface area (Å²) < 4.78 is 12.7. The minimum atomic E-state index is -0.562. The number of rotatable bonds is 6. The summed E-state index contributed by atoms with van der Waals surface area (Å²) in [4.78, 5) is 35.7. The van der Waals surface area contributed by atoms with Gasteiger partial charge in [-0.15, -0.1) is 0 Å². The number of carbonyl (C=O) groups is 2. The van der Waals surface area contributed by atoms with Crippen LogP contribution in [0.15, 0.2) is 41.5 Å². The zero-order valence-electron chi connectivity index (χ0n) is 12.6. The summed E-state index contributed by atoms with van der Waals surface area (Å²) in [6.45, 7) is -0.445. The lowest BCUT2D eigenvalue weighted by Gasteiger charge is -2.09. The van der Waals surface area contributed by atoms with E-state index in [9.17, 15) is 14.4 Å². The van der Waals surface area contributed by atoms with Crippen LogP contribution in [0.1, 0.15) is 10.4 Å². The predicted molar refractivity (Wildman–Crippen MR) is 104 cm³/mol. The van der Waals surface area contributed by atoms with Crippen LogP contribution in [0.25, 0.3) is 0 Å². The molecule has 1 aromatic heterocycles. The molecule has 0 amide bonds. The molecule has 6 nitrogen and oxygen atoms in total. The van der Waals surface area contributed by atoms with Gasteiger partial charge in [0.15, 0.2) is 6.61 Å². The van der Waals surface area contributed by atoms with Gasteiger partial charge in [-0.1, -0.05) is 12.1 Å². The first-order valence-corrected chi connectivity index (χ1v) is 8.95. The molecule has 2 aromatic rings. The van der Waals surface area contributed by atoms with Crippen molar-refractivity contribution in [1.82, 2.24) is 4.57 Å². The van der Waals surface area contributed by atoms with Gasteiger partial charge in [-0.3, -0.25) is 14.4 Å². The quantitative estimate of drug-likeness (QED) is 0.313. The number of pyridine rings is 1. The fourth-order valence-corrected chi connectivity index (χ4v) is 3.76. The molecule has 0 radical (unpaired) electrons. The number of halogens is 2. The Morgan fingerprint density at radius 3 is 2.38 bits per heavy atom. The molecule has 0 saturated carbocycles. The second kappa shape index (κ2) is 8.60. The van der Waals surface area contributed by atoms with Gasteiger partial charge in [0.05, 0.1) is 19.8 Å². The van der Waals surface area contributed by atoms with Crippen molar-refractivity contribution in [3.63, 3.8) is 0 Å². The fraction of sp³-hybridized carbons (Fsp3) is 0.188. The van der Waals surface area contributed by atoms with E-state index in [-0.39, 0.29) is 24.4 Å². The molecule has 1 aromatic carbocycles. The summed E-state index contributed by atoms with van der Waals surface area (Å²) in [5, 5.41) is 0. The van der Waals surface area contributed by atoms with Crippen molar-refractivity contribution >= 4 is 56.9 Å². The molecule has 0 N–H and O–H groups in total. The van der Waals surface area contributed by atoms with Gasteiger partial charge < -0.3 is 14.0 Å². The Bertz CT molecular complexity index is 805. The summed E-state index contributed by atoms with van der Waals surface area (Å²) >= 11 is 3.82. The topological polar surface area (TPSA) is 74.6 Å². The number of ether oxygens (including phenoxy) is 2. The number of aromatic nitrogens is 1. The van der Waals surface area contributed by atoms with E-state index in [0.29, 0.717) is 18.5 Å². The van der Waals surface area contributed by atoms with E-state index in [1.807, 2.05) is 45.2 Å². The number of para-hydroxylation sites is 1. The van der Waals surface area contributed by atoms with Gasteiger partial charge >= 0.3 is 5.97 Å². The molecular formula is C16H13I2NO5.